The SMILES string of the molecule is O=C(c1ccccc1)c1ccccc1Nc1ccc(Cl)c(Cl)c1. The van der Waals surface area contributed by atoms with Crippen LogP contribution in [0.4, 0.5) is 11.4 Å². The first-order chi connectivity index (χ1) is 11.1. The van der Waals surface area contributed by atoms with Gasteiger partial charge < -0.3 is 5.32 Å². The first-order valence-corrected chi connectivity index (χ1v) is 7.81. The molecule has 0 atom stereocenters. The quantitative estimate of drug-likeness (QED) is 0.592. The summed E-state index contributed by atoms with van der Waals surface area (Å²) >= 11 is 12.0. The molecule has 0 radical (unpaired) electrons. The molecule has 4 heteroatoms. The lowest BCUT2D eigenvalue weighted by Crippen LogP contribution is -2.05. The Bertz CT molecular complexity index is 847. The van der Waals surface area contributed by atoms with Gasteiger partial charge in [-0.25, -0.2) is 0 Å². The van der Waals surface area contributed by atoms with E-state index in [1.54, 1.807) is 30.3 Å². The van der Waals surface area contributed by atoms with Gasteiger partial charge >= 0.3 is 0 Å². The van der Waals surface area contributed by atoms with Crippen LogP contribution in [-0.4, -0.2) is 5.78 Å². The lowest BCUT2D eigenvalue weighted by molar-refractivity contribution is 0.103. The maximum absolute atomic E-state index is 12.7. The number of carbonyl (C=O) groups excluding carboxylic acids is 1. The highest BCUT2D eigenvalue weighted by Gasteiger charge is 2.13. The Kier molecular flexibility index (Phi) is 4.65. The largest absolute Gasteiger partial charge is 0.355 e. The van der Waals surface area contributed by atoms with E-state index in [1.165, 1.54) is 0 Å². The van der Waals surface area contributed by atoms with Crippen molar-refractivity contribution in [1.29, 1.82) is 0 Å². The van der Waals surface area contributed by atoms with Gasteiger partial charge in [-0.05, 0) is 30.3 Å². The van der Waals surface area contributed by atoms with Crippen LogP contribution in [-0.2, 0) is 0 Å². The van der Waals surface area contributed by atoms with Crippen LogP contribution >= 0.6 is 23.2 Å². The Morgan fingerprint density at radius 3 is 2.22 bits per heavy atom. The van der Waals surface area contributed by atoms with Crippen molar-refractivity contribution in [2.24, 2.45) is 0 Å². The number of anilines is 2. The third kappa shape index (κ3) is 3.55. The summed E-state index contributed by atoms with van der Waals surface area (Å²) in [4.78, 5) is 12.7. The number of nitrogens with one attached hydrogen (secondary N) is 1. The third-order valence-corrected chi connectivity index (χ3v) is 4.15. The van der Waals surface area contributed by atoms with Gasteiger partial charge in [-0.2, -0.15) is 0 Å². The third-order valence-electron chi connectivity index (χ3n) is 3.41. The predicted molar refractivity (Wildman–Crippen MR) is 96.1 cm³/mol. The molecule has 0 amide bonds. The van der Waals surface area contributed by atoms with Crippen molar-refractivity contribution >= 4 is 40.4 Å². The molecule has 0 spiro atoms. The monoisotopic (exact) mass is 341 g/mol. The van der Waals surface area contributed by atoms with Crippen LogP contribution in [0.3, 0.4) is 0 Å². The first kappa shape index (κ1) is 15.6. The van der Waals surface area contributed by atoms with Crippen LogP contribution in [0.25, 0.3) is 0 Å². The maximum atomic E-state index is 12.7. The average Bonchev–Trinajstić information content (AvgIpc) is 2.59. The van der Waals surface area contributed by atoms with E-state index in [0.717, 1.165) is 11.4 Å². The van der Waals surface area contributed by atoms with E-state index < -0.39 is 0 Å². The van der Waals surface area contributed by atoms with Crippen LogP contribution in [0.5, 0.6) is 0 Å². The van der Waals surface area contributed by atoms with E-state index in [1.807, 2.05) is 42.5 Å². The molecule has 3 aromatic carbocycles. The molecule has 3 rings (SSSR count). The Morgan fingerprint density at radius 1 is 0.783 bits per heavy atom. The number of carbonyl (C=O) groups is 1. The van der Waals surface area contributed by atoms with Gasteiger partial charge in [0, 0.05) is 22.5 Å². The minimum Gasteiger partial charge on any atom is -0.355 e. The molecule has 2 nitrogen and oxygen atoms in total. The minimum absolute atomic E-state index is 0.0336. The van der Waals surface area contributed by atoms with Crippen LogP contribution in [0, 0.1) is 0 Å². The highest BCUT2D eigenvalue weighted by Crippen LogP contribution is 2.28. The second kappa shape index (κ2) is 6.86. The first-order valence-electron chi connectivity index (χ1n) is 7.06. The number of ketones is 1. The van der Waals surface area contributed by atoms with E-state index >= 15 is 0 Å². The smallest absolute Gasteiger partial charge is 0.195 e. The van der Waals surface area contributed by atoms with Gasteiger partial charge in [-0.15, -0.1) is 0 Å². The van der Waals surface area contributed by atoms with Gasteiger partial charge in [-0.1, -0.05) is 65.7 Å². The second-order valence-corrected chi connectivity index (χ2v) is 5.81. The van der Waals surface area contributed by atoms with E-state index in [0.29, 0.717) is 21.2 Å². The molecule has 0 bridgehead atoms. The summed E-state index contributed by atoms with van der Waals surface area (Å²) in [5.41, 5.74) is 2.74. The zero-order valence-corrected chi connectivity index (χ0v) is 13.6. The highest BCUT2D eigenvalue weighted by atomic mass is 35.5. The number of hydrogen-bond donors (Lipinski definition) is 1. The van der Waals surface area contributed by atoms with E-state index in [2.05, 4.69) is 5.32 Å². The number of rotatable bonds is 4. The molecule has 0 aromatic heterocycles. The van der Waals surface area contributed by atoms with Crippen molar-refractivity contribution in [2.45, 2.75) is 0 Å². The molecular weight excluding hydrogens is 329 g/mol. The summed E-state index contributed by atoms with van der Waals surface area (Å²) in [5, 5.41) is 4.18. The highest BCUT2D eigenvalue weighted by molar-refractivity contribution is 6.42. The zero-order valence-electron chi connectivity index (χ0n) is 12.1. The molecule has 3 aromatic rings. The molecule has 0 fully saturated rings. The molecule has 114 valence electrons. The fraction of sp³-hybridized carbons (Fsp3) is 0. The van der Waals surface area contributed by atoms with E-state index in [-0.39, 0.29) is 5.78 Å². The van der Waals surface area contributed by atoms with Crippen molar-refractivity contribution in [2.75, 3.05) is 5.32 Å². The predicted octanol–water partition coefficient (Wildman–Crippen LogP) is 5.97. The van der Waals surface area contributed by atoms with E-state index in [9.17, 15) is 4.79 Å². The summed E-state index contributed by atoms with van der Waals surface area (Å²) in [6.07, 6.45) is 0. The van der Waals surface area contributed by atoms with Crippen molar-refractivity contribution in [1.82, 2.24) is 0 Å². The van der Waals surface area contributed by atoms with Crippen molar-refractivity contribution in [3.8, 4) is 0 Å². The van der Waals surface area contributed by atoms with Gasteiger partial charge in [0.05, 0.1) is 10.0 Å². The van der Waals surface area contributed by atoms with Crippen LogP contribution in [0.1, 0.15) is 15.9 Å². The maximum Gasteiger partial charge on any atom is 0.195 e. The van der Waals surface area contributed by atoms with Gasteiger partial charge in [0.1, 0.15) is 0 Å². The average molecular weight is 342 g/mol. The summed E-state index contributed by atoms with van der Waals surface area (Å²) in [7, 11) is 0. The summed E-state index contributed by atoms with van der Waals surface area (Å²) in [5.74, 6) is -0.0336. The molecule has 0 saturated heterocycles. The summed E-state index contributed by atoms with van der Waals surface area (Å²) in [6, 6.07) is 21.8. The number of benzene rings is 3. The fourth-order valence-corrected chi connectivity index (χ4v) is 2.56. The lowest BCUT2D eigenvalue weighted by atomic mass is 10.0. The van der Waals surface area contributed by atoms with E-state index in [4.69, 9.17) is 23.2 Å². The van der Waals surface area contributed by atoms with Crippen LogP contribution in [0.2, 0.25) is 10.0 Å². The van der Waals surface area contributed by atoms with Crippen molar-refractivity contribution in [3.05, 3.63) is 94.0 Å². The molecule has 1 N–H and O–H groups in total. The van der Waals surface area contributed by atoms with Crippen LogP contribution < -0.4 is 5.32 Å². The Labute approximate surface area is 144 Å². The standard InChI is InChI=1S/C19H13Cl2NO/c20-16-11-10-14(12-17(16)21)22-18-9-5-4-8-15(18)19(23)13-6-2-1-3-7-13/h1-12,22H. The fourth-order valence-electron chi connectivity index (χ4n) is 2.26. The molecule has 0 saturated carbocycles. The van der Waals surface area contributed by atoms with Gasteiger partial charge in [0.2, 0.25) is 0 Å². The van der Waals surface area contributed by atoms with Gasteiger partial charge in [0.15, 0.2) is 5.78 Å². The molecular formula is C19H13Cl2NO. The zero-order chi connectivity index (χ0) is 16.2. The van der Waals surface area contributed by atoms with Crippen molar-refractivity contribution in [3.63, 3.8) is 0 Å². The van der Waals surface area contributed by atoms with Gasteiger partial charge in [-0.3, -0.25) is 4.79 Å². The molecule has 0 aliphatic heterocycles. The second-order valence-electron chi connectivity index (χ2n) is 4.99. The minimum atomic E-state index is -0.0336. The molecule has 0 heterocycles. The topological polar surface area (TPSA) is 29.1 Å². The number of halogens is 2. The summed E-state index contributed by atoms with van der Waals surface area (Å²) in [6.45, 7) is 0. The lowest BCUT2D eigenvalue weighted by Gasteiger charge is -2.12. The Morgan fingerprint density at radius 2 is 1.48 bits per heavy atom. The molecule has 0 aliphatic carbocycles. The Hall–Kier alpha value is -2.29. The summed E-state index contributed by atoms with van der Waals surface area (Å²) < 4.78 is 0. The molecule has 0 aliphatic rings. The normalized spacial score (nSPS) is 10.3. The number of hydrogen-bond acceptors (Lipinski definition) is 2. The molecule has 0 unspecified atom stereocenters. The number of para-hydroxylation sites is 1. The molecule has 23 heavy (non-hydrogen) atoms. The van der Waals surface area contributed by atoms with Gasteiger partial charge in [0.25, 0.3) is 0 Å². The van der Waals surface area contributed by atoms with Crippen molar-refractivity contribution < 1.29 is 4.79 Å². The van der Waals surface area contributed by atoms with Crippen LogP contribution in [0.15, 0.2) is 72.8 Å². The Balaban J connectivity index is 1.95.